The van der Waals surface area contributed by atoms with Crippen molar-refractivity contribution in [2.75, 3.05) is 6.61 Å². The molecular formula is C16H19F2NO2. The van der Waals surface area contributed by atoms with E-state index in [4.69, 9.17) is 0 Å². The molecule has 1 aromatic carbocycles. The van der Waals surface area contributed by atoms with E-state index in [0.717, 1.165) is 12.8 Å². The maximum absolute atomic E-state index is 13.7. The summed E-state index contributed by atoms with van der Waals surface area (Å²) < 4.78 is 27.4. The first kappa shape index (κ1) is 14.4. The molecule has 2 N–H and O–H groups in total. The molecule has 0 aliphatic heterocycles. The molecule has 21 heavy (non-hydrogen) atoms. The van der Waals surface area contributed by atoms with E-state index in [2.05, 4.69) is 5.32 Å². The van der Waals surface area contributed by atoms with Crippen molar-refractivity contribution >= 4 is 5.91 Å². The minimum Gasteiger partial charge on any atom is -0.394 e. The molecule has 3 unspecified atom stereocenters. The van der Waals surface area contributed by atoms with Crippen LogP contribution in [0.1, 0.15) is 37.7 Å². The van der Waals surface area contributed by atoms with Crippen LogP contribution in [0, 0.1) is 23.5 Å². The molecular weight excluding hydrogens is 276 g/mol. The second-order valence-corrected chi connectivity index (χ2v) is 6.42. The Labute approximate surface area is 122 Å². The molecule has 3 rings (SSSR count). The summed E-state index contributed by atoms with van der Waals surface area (Å²) in [7, 11) is 0. The zero-order valence-electron chi connectivity index (χ0n) is 11.9. The van der Waals surface area contributed by atoms with Crippen LogP contribution in [0.3, 0.4) is 0 Å². The molecule has 2 aliphatic rings. The first-order chi connectivity index (χ1) is 9.96. The number of benzene rings is 1. The fourth-order valence-electron chi connectivity index (χ4n) is 3.03. The average Bonchev–Trinajstić information content (AvgIpc) is 3.30. The van der Waals surface area contributed by atoms with Crippen LogP contribution in [0.4, 0.5) is 8.78 Å². The summed E-state index contributed by atoms with van der Waals surface area (Å²) in [5, 5.41) is 12.4. The molecule has 1 aromatic rings. The zero-order valence-corrected chi connectivity index (χ0v) is 11.9. The molecule has 3 atom stereocenters. The van der Waals surface area contributed by atoms with Crippen LogP contribution in [-0.4, -0.2) is 23.2 Å². The van der Waals surface area contributed by atoms with Crippen LogP contribution >= 0.6 is 0 Å². The minimum absolute atomic E-state index is 0.00905. The van der Waals surface area contributed by atoms with Crippen molar-refractivity contribution in [1.29, 1.82) is 0 Å². The quantitative estimate of drug-likeness (QED) is 0.876. The van der Waals surface area contributed by atoms with Crippen LogP contribution < -0.4 is 5.32 Å². The van der Waals surface area contributed by atoms with Gasteiger partial charge in [0.05, 0.1) is 12.1 Å². The third kappa shape index (κ3) is 2.67. The molecule has 0 heterocycles. The predicted molar refractivity (Wildman–Crippen MR) is 73.6 cm³/mol. The van der Waals surface area contributed by atoms with Gasteiger partial charge in [0.1, 0.15) is 11.6 Å². The lowest BCUT2D eigenvalue weighted by molar-refractivity contribution is -0.125. The topological polar surface area (TPSA) is 49.3 Å². The number of nitrogens with one attached hydrogen (secondary N) is 1. The third-order valence-electron chi connectivity index (χ3n) is 4.71. The number of halogens is 2. The van der Waals surface area contributed by atoms with E-state index in [9.17, 15) is 18.7 Å². The normalized spacial score (nSPS) is 27.0. The Kier molecular flexibility index (Phi) is 3.48. The SMILES string of the molecule is CC(CO)(NC(=O)C1CC1c1c(F)cccc1F)C1CC1. The van der Waals surface area contributed by atoms with Gasteiger partial charge < -0.3 is 10.4 Å². The first-order valence-corrected chi connectivity index (χ1v) is 7.33. The molecule has 2 fully saturated rings. The molecule has 114 valence electrons. The van der Waals surface area contributed by atoms with Crippen LogP contribution in [0.5, 0.6) is 0 Å². The Morgan fingerprint density at radius 1 is 1.38 bits per heavy atom. The number of aliphatic hydroxyl groups excluding tert-OH is 1. The highest BCUT2D eigenvalue weighted by molar-refractivity contribution is 5.83. The van der Waals surface area contributed by atoms with Crippen molar-refractivity contribution < 1.29 is 18.7 Å². The van der Waals surface area contributed by atoms with Gasteiger partial charge in [-0.3, -0.25) is 4.79 Å². The maximum Gasteiger partial charge on any atom is 0.224 e. The van der Waals surface area contributed by atoms with Crippen LogP contribution in [0.25, 0.3) is 0 Å². The zero-order chi connectivity index (χ0) is 15.2. The van der Waals surface area contributed by atoms with E-state index in [1.54, 1.807) is 0 Å². The molecule has 0 spiro atoms. The lowest BCUT2D eigenvalue weighted by atomic mass is 9.96. The predicted octanol–water partition coefficient (Wildman–Crippen LogP) is 2.35. The van der Waals surface area contributed by atoms with Crippen LogP contribution in [0.2, 0.25) is 0 Å². The molecule has 5 heteroatoms. The highest BCUT2D eigenvalue weighted by atomic mass is 19.1. The summed E-state index contributed by atoms with van der Waals surface area (Å²) >= 11 is 0. The monoisotopic (exact) mass is 295 g/mol. The molecule has 0 saturated heterocycles. The Hall–Kier alpha value is -1.49. The van der Waals surface area contributed by atoms with Crippen molar-refractivity contribution in [2.24, 2.45) is 11.8 Å². The molecule has 3 nitrogen and oxygen atoms in total. The largest absolute Gasteiger partial charge is 0.394 e. The lowest BCUT2D eigenvalue weighted by Crippen LogP contribution is -2.51. The van der Waals surface area contributed by atoms with Gasteiger partial charge in [-0.15, -0.1) is 0 Å². The summed E-state index contributed by atoms with van der Waals surface area (Å²) in [6.45, 7) is 1.71. The van der Waals surface area contributed by atoms with E-state index in [0.29, 0.717) is 12.3 Å². The van der Waals surface area contributed by atoms with Gasteiger partial charge in [0.2, 0.25) is 5.91 Å². The molecule has 1 amide bonds. The molecule has 2 aliphatic carbocycles. The van der Waals surface area contributed by atoms with Gasteiger partial charge in [-0.1, -0.05) is 6.07 Å². The Morgan fingerprint density at radius 3 is 2.52 bits per heavy atom. The summed E-state index contributed by atoms with van der Waals surface area (Å²) in [6.07, 6.45) is 2.44. The molecule has 0 radical (unpaired) electrons. The first-order valence-electron chi connectivity index (χ1n) is 7.33. The van der Waals surface area contributed by atoms with E-state index in [1.165, 1.54) is 18.2 Å². The number of rotatable bonds is 5. The molecule has 2 saturated carbocycles. The second kappa shape index (κ2) is 5.05. The number of aliphatic hydroxyl groups is 1. The second-order valence-electron chi connectivity index (χ2n) is 6.42. The molecule has 0 aromatic heterocycles. The summed E-state index contributed by atoms with van der Waals surface area (Å²) in [5.41, 5.74) is -0.604. The van der Waals surface area contributed by atoms with Gasteiger partial charge in [0, 0.05) is 17.4 Å². The van der Waals surface area contributed by atoms with Crippen LogP contribution in [0.15, 0.2) is 18.2 Å². The number of amides is 1. The van der Waals surface area contributed by atoms with Crippen molar-refractivity contribution in [3.05, 3.63) is 35.4 Å². The lowest BCUT2D eigenvalue weighted by Gasteiger charge is -2.29. The van der Waals surface area contributed by atoms with Gasteiger partial charge in [0.25, 0.3) is 0 Å². The summed E-state index contributed by atoms with van der Waals surface area (Å²) in [5.74, 6) is -1.90. The highest BCUT2D eigenvalue weighted by Crippen LogP contribution is 2.50. The van der Waals surface area contributed by atoms with Gasteiger partial charge >= 0.3 is 0 Å². The van der Waals surface area contributed by atoms with Crippen molar-refractivity contribution in [3.8, 4) is 0 Å². The average molecular weight is 295 g/mol. The van der Waals surface area contributed by atoms with E-state index < -0.39 is 29.0 Å². The third-order valence-corrected chi connectivity index (χ3v) is 4.71. The standard InChI is InChI=1S/C16H19F2NO2/c1-16(8-20,9-5-6-9)19-15(21)11-7-10(11)14-12(17)3-2-4-13(14)18/h2-4,9-11,20H,5-8H2,1H3,(H,19,21). The molecule has 0 bridgehead atoms. The minimum atomic E-state index is -0.613. The van der Waals surface area contributed by atoms with Crippen molar-refractivity contribution in [3.63, 3.8) is 0 Å². The van der Waals surface area contributed by atoms with Crippen molar-refractivity contribution in [1.82, 2.24) is 5.32 Å². The van der Waals surface area contributed by atoms with Crippen LogP contribution in [-0.2, 0) is 4.79 Å². The van der Waals surface area contributed by atoms with E-state index in [-0.39, 0.29) is 18.1 Å². The number of hydrogen-bond donors (Lipinski definition) is 2. The van der Waals surface area contributed by atoms with Gasteiger partial charge in [-0.2, -0.15) is 0 Å². The number of hydrogen-bond acceptors (Lipinski definition) is 2. The van der Waals surface area contributed by atoms with Gasteiger partial charge in [0.15, 0.2) is 0 Å². The smallest absolute Gasteiger partial charge is 0.224 e. The number of carbonyl (C=O) groups is 1. The van der Waals surface area contributed by atoms with E-state index in [1.807, 2.05) is 6.92 Å². The highest BCUT2D eigenvalue weighted by Gasteiger charge is 2.50. The van der Waals surface area contributed by atoms with E-state index >= 15 is 0 Å². The Balaban J connectivity index is 1.69. The van der Waals surface area contributed by atoms with Gasteiger partial charge in [-0.05, 0) is 44.2 Å². The van der Waals surface area contributed by atoms with Gasteiger partial charge in [-0.25, -0.2) is 8.78 Å². The fourth-order valence-corrected chi connectivity index (χ4v) is 3.03. The maximum atomic E-state index is 13.7. The summed E-state index contributed by atoms with van der Waals surface area (Å²) in [6, 6.07) is 3.75. The van der Waals surface area contributed by atoms with Crippen molar-refractivity contribution in [2.45, 2.75) is 37.6 Å². The number of carbonyl (C=O) groups excluding carboxylic acids is 1. The Morgan fingerprint density at radius 2 is 2.00 bits per heavy atom. The fraction of sp³-hybridized carbons (Fsp3) is 0.562. The summed E-state index contributed by atoms with van der Waals surface area (Å²) in [4.78, 5) is 12.3. The Bertz CT molecular complexity index is 553.